The number of halogens is 1. The maximum Gasteiger partial charge on any atom is 0.222 e. The van der Waals surface area contributed by atoms with E-state index in [1.54, 1.807) is 0 Å². The lowest BCUT2D eigenvalue weighted by atomic mass is 10.1. The molecule has 1 aromatic rings. The lowest BCUT2D eigenvalue weighted by Gasteiger charge is -2.36. The highest BCUT2D eigenvalue weighted by molar-refractivity contribution is 14.0. The van der Waals surface area contributed by atoms with Gasteiger partial charge in [-0.1, -0.05) is 44.2 Å². The smallest absolute Gasteiger partial charge is 0.222 e. The molecule has 1 aliphatic rings. The molecule has 0 radical (unpaired) electrons. The van der Waals surface area contributed by atoms with Crippen LogP contribution in [0.5, 0.6) is 0 Å². The predicted molar refractivity (Wildman–Crippen MR) is 122 cm³/mol. The van der Waals surface area contributed by atoms with Crippen LogP contribution in [-0.2, 0) is 11.3 Å². The molecule has 2 N–H and O–H groups in total. The van der Waals surface area contributed by atoms with Crippen molar-refractivity contribution in [3.05, 3.63) is 35.9 Å². The zero-order valence-corrected chi connectivity index (χ0v) is 19.1. The number of nitrogens with one attached hydrogen (secondary N) is 2. The number of hydrogen-bond acceptors (Lipinski definition) is 3. The summed E-state index contributed by atoms with van der Waals surface area (Å²) in [6, 6.07) is 9.96. The number of carbonyl (C=O) groups excluding carboxylic acids is 1. The Morgan fingerprint density at radius 2 is 2.04 bits per heavy atom. The molecule has 1 heterocycles. The number of rotatable bonds is 6. The second-order valence-electron chi connectivity index (χ2n) is 6.59. The fourth-order valence-corrected chi connectivity index (χ4v) is 4.07. The summed E-state index contributed by atoms with van der Waals surface area (Å²) < 4.78 is 0. The van der Waals surface area contributed by atoms with Crippen molar-refractivity contribution in [1.29, 1.82) is 0 Å². The third-order valence-corrected chi connectivity index (χ3v) is 5.86. The summed E-state index contributed by atoms with van der Waals surface area (Å²) in [4.78, 5) is 18.7. The molecule has 1 atom stereocenters. The average Bonchev–Trinajstić information content (AvgIpc) is 2.64. The largest absolute Gasteiger partial charge is 0.356 e. The quantitative estimate of drug-likeness (QED) is 0.366. The monoisotopic (exact) mass is 490 g/mol. The summed E-state index contributed by atoms with van der Waals surface area (Å²) in [6.07, 6.45) is 0.446. The molecule has 0 aromatic heterocycles. The van der Waals surface area contributed by atoms with Gasteiger partial charge in [0.1, 0.15) is 0 Å². The molecule has 1 aromatic carbocycles. The molecule has 7 heteroatoms. The summed E-state index contributed by atoms with van der Waals surface area (Å²) >= 11 is 2.05. The Labute approximate surface area is 178 Å². The molecule has 1 fully saturated rings. The van der Waals surface area contributed by atoms with E-state index in [1.165, 1.54) is 0 Å². The van der Waals surface area contributed by atoms with Crippen LogP contribution in [0.2, 0.25) is 0 Å². The highest BCUT2D eigenvalue weighted by atomic mass is 127. The van der Waals surface area contributed by atoms with E-state index in [2.05, 4.69) is 34.4 Å². The van der Waals surface area contributed by atoms with Crippen molar-refractivity contribution >= 4 is 47.6 Å². The molecule has 2 rings (SSSR count). The van der Waals surface area contributed by atoms with E-state index in [0.717, 1.165) is 30.4 Å². The van der Waals surface area contributed by atoms with Gasteiger partial charge >= 0.3 is 0 Å². The topological polar surface area (TPSA) is 56.7 Å². The molecule has 0 saturated carbocycles. The van der Waals surface area contributed by atoms with E-state index in [1.807, 2.05) is 49.1 Å². The Hall–Kier alpha value is -0.960. The van der Waals surface area contributed by atoms with Crippen molar-refractivity contribution < 1.29 is 4.79 Å². The summed E-state index contributed by atoms with van der Waals surface area (Å²) in [7, 11) is 1.81. The minimum atomic E-state index is 0. The maximum atomic E-state index is 12.0. The SMILES string of the molecule is CN=C(NCCC(=O)NCc1ccccc1)N1CCSC(C(C)C)C1.I. The number of guanidine groups is 1. The summed E-state index contributed by atoms with van der Waals surface area (Å²) in [5, 5.41) is 6.93. The molecule has 0 bridgehead atoms. The van der Waals surface area contributed by atoms with E-state index in [0.29, 0.717) is 30.7 Å². The van der Waals surface area contributed by atoms with Crippen molar-refractivity contribution in [2.45, 2.75) is 32.1 Å². The molecule has 0 spiro atoms. The third-order valence-electron chi connectivity index (χ3n) is 4.32. The zero-order chi connectivity index (χ0) is 18.1. The first-order chi connectivity index (χ1) is 12.1. The first kappa shape index (κ1) is 23.1. The Morgan fingerprint density at radius 3 is 2.69 bits per heavy atom. The highest BCUT2D eigenvalue weighted by Crippen LogP contribution is 2.24. The Bertz CT molecular complexity index is 568. The van der Waals surface area contributed by atoms with Gasteiger partial charge in [-0.15, -0.1) is 24.0 Å². The van der Waals surface area contributed by atoms with E-state index in [-0.39, 0.29) is 29.9 Å². The number of nitrogens with zero attached hydrogens (tertiary/aromatic N) is 2. The lowest BCUT2D eigenvalue weighted by Crippen LogP contribution is -2.49. The minimum Gasteiger partial charge on any atom is -0.356 e. The second kappa shape index (κ2) is 12.4. The van der Waals surface area contributed by atoms with Crippen LogP contribution in [0.1, 0.15) is 25.8 Å². The van der Waals surface area contributed by atoms with Gasteiger partial charge in [0.2, 0.25) is 5.91 Å². The van der Waals surface area contributed by atoms with Crippen LogP contribution in [0, 0.1) is 5.92 Å². The normalized spacial score (nSPS) is 17.6. The van der Waals surface area contributed by atoms with E-state index in [4.69, 9.17) is 0 Å². The van der Waals surface area contributed by atoms with Crippen molar-refractivity contribution in [3.8, 4) is 0 Å². The van der Waals surface area contributed by atoms with Crippen LogP contribution >= 0.6 is 35.7 Å². The highest BCUT2D eigenvalue weighted by Gasteiger charge is 2.24. The molecule has 1 aliphatic heterocycles. The van der Waals surface area contributed by atoms with Crippen LogP contribution in [0.4, 0.5) is 0 Å². The van der Waals surface area contributed by atoms with Gasteiger partial charge in [0.15, 0.2) is 5.96 Å². The van der Waals surface area contributed by atoms with Gasteiger partial charge in [0.05, 0.1) is 0 Å². The Morgan fingerprint density at radius 1 is 1.31 bits per heavy atom. The van der Waals surface area contributed by atoms with Gasteiger partial charge in [0.25, 0.3) is 0 Å². The molecular formula is C19H31IN4OS. The van der Waals surface area contributed by atoms with Crippen molar-refractivity contribution in [2.24, 2.45) is 10.9 Å². The molecule has 1 saturated heterocycles. The van der Waals surface area contributed by atoms with Crippen LogP contribution in [0.25, 0.3) is 0 Å². The average molecular weight is 490 g/mol. The molecule has 1 unspecified atom stereocenters. The third kappa shape index (κ3) is 7.73. The van der Waals surface area contributed by atoms with E-state index < -0.39 is 0 Å². The van der Waals surface area contributed by atoms with Crippen molar-refractivity contribution in [3.63, 3.8) is 0 Å². The first-order valence-corrected chi connectivity index (χ1v) is 10.0. The molecule has 5 nitrogen and oxygen atoms in total. The molecular weight excluding hydrogens is 459 g/mol. The molecule has 0 aliphatic carbocycles. The van der Waals surface area contributed by atoms with E-state index >= 15 is 0 Å². The number of carbonyl (C=O) groups is 1. The summed E-state index contributed by atoms with van der Waals surface area (Å²) in [5.41, 5.74) is 1.12. The number of thioether (sulfide) groups is 1. The van der Waals surface area contributed by atoms with Gasteiger partial charge in [-0.05, 0) is 11.5 Å². The van der Waals surface area contributed by atoms with Gasteiger partial charge in [0, 0.05) is 50.7 Å². The van der Waals surface area contributed by atoms with Crippen LogP contribution in [0.3, 0.4) is 0 Å². The van der Waals surface area contributed by atoms with Crippen molar-refractivity contribution in [1.82, 2.24) is 15.5 Å². The van der Waals surface area contributed by atoms with Crippen LogP contribution in [0.15, 0.2) is 35.3 Å². The molecule has 1 amide bonds. The fraction of sp³-hybridized carbons (Fsp3) is 0.579. The van der Waals surface area contributed by atoms with Gasteiger partial charge in [-0.2, -0.15) is 11.8 Å². The minimum absolute atomic E-state index is 0. The van der Waals surface area contributed by atoms with Gasteiger partial charge in [-0.3, -0.25) is 9.79 Å². The standard InChI is InChI=1S/C19H30N4OS.HI/c1-15(2)17-14-23(11-12-25-17)19(20-3)21-10-9-18(24)22-13-16-7-5-4-6-8-16;/h4-8,15,17H,9-14H2,1-3H3,(H,20,21)(H,22,24);1H. The summed E-state index contributed by atoms with van der Waals surface area (Å²) in [5.74, 6) is 2.75. The number of benzene rings is 1. The molecule has 26 heavy (non-hydrogen) atoms. The Kier molecular flexibility index (Phi) is 11.0. The second-order valence-corrected chi connectivity index (χ2v) is 7.93. The van der Waals surface area contributed by atoms with E-state index in [9.17, 15) is 4.79 Å². The van der Waals surface area contributed by atoms with Gasteiger partial charge in [-0.25, -0.2) is 0 Å². The summed E-state index contributed by atoms with van der Waals surface area (Å²) in [6.45, 7) is 7.75. The maximum absolute atomic E-state index is 12.0. The predicted octanol–water partition coefficient (Wildman–Crippen LogP) is 2.96. The Balaban J connectivity index is 0.00000338. The molecule has 146 valence electrons. The number of aliphatic imine (C=N–C) groups is 1. The van der Waals surface area contributed by atoms with Gasteiger partial charge < -0.3 is 15.5 Å². The number of hydrogen-bond donors (Lipinski definition) is 2. The number of amides is 1. The lowest BCUT2D eigenvalue weighted by molar-refractivity contribution is -0.121. The van der Waals surface area contributed by atoms with Crippen molar-refractivity contribution in [2.75, 3.05) is 32.4 Å². The first-order valence-electron chi connectivity index (χ1n) is 8.98. The van der Waals surface area contributed by atoms with Crippen LogP contribution in [-0.4, -0.2) is 54.5 Å². The zero-order valence-electron chi connectivity index (χ0n) is 15.9. The van der Waals surface area contributed by atoms with Crippen LogP contribution < -0.4 is 10.6 Å². The fourth-order valence-electron chi connectivity index (χ4n) is 2.78.